The minimum atomic E-state index is -0.366. The summed E-state index contributed by atoms with van der Waals surface area (Å²) in [6, 6.07) is 4.83. The molecule has 1 aromatic heterocycles. The minimum absolute atomic E-state index is 0. The van der Waals surface area contributed by atoms with Crippen molar-refractivity contribution in [3.63, 3.8) is 0 Å². The third-order valence-corrected chi connectivity index (χ3v) is 5.20. The Kier molecular flexibility index (Phi) is 4.06. The van der Waals surface area contributed by atoms with Gasteiger partial charge in [0.1, 0.15) is 5.52 Å². The Labute approximate surface area is 140 Å². The van der Waals surface area contributed by atoms with E-state index in [9.17, 15) is 9.18 Å². The summed E-state index contributed by atoms with van der Waals surface area (Å²) in [4.78, 5) is 16.7. The van der Waals surface area contributed by atoms with Gasteiger partial charge in [-0.2, -0.15) is 0 Å². The van der Waals surface area contributed by atoms with Crippen molar-refractivity contribution in [1.29, 1.82) is 0 Å². The van der Waals surface area contributed by atoms with Gasteiger partial charge in [0.05, 0.1) is 5.52 Å². The lowest BCUT2D eigenvalue weighted by Crippen LogP contribution is -2.31. The van der Waals surface area contributed by atoms with Crippen LogP contribution in [0.3, 0.4) is 0 Å². The van der Waals surface area contributed by atoms with Crippen molar-refractivity contribution in [3.8, 4) is 0 Å². The van der Waals surface area contributed by atoms with Crippen molar-refractivity contribution in [2.75, 3.05) is 18.4 Å². The number of fused-ring (bicyclic) bond motifs is 1. The highest BCUT2D eigenvalue weighted by atomic mass is 35.5. The molecule has 1 amide bonds. The summed E-state index contributed by atoms with van der Waals surface area (Å²) < 4.78 is 15.5. The number of benzene rings is 1. The number of para-hydroxylation sites is 1. The second-order valence-corrected chi connectivity index (χ2v) is 6.46. The zero-order valence-electron chi connectivity index (χ0n) is 12.9. The summed E-state index contributed by atoms with van der Waals surface area (Å²) in [5.41, 5.74) is 1.17. The zero-order valence-corrected chi connectivity index (χ0v) is 13.8. The van der Waals surface area contributed by atoms with E-state index < -0.39 is 0 Å². The lowest BCUT2D eigenvalue weighted by molar-refractivity contribution is -0.118. The second kappa shape index (κ2) is 5.76. The van der Waals surface area contributed by atoms with Gasteiger partial charge in [0, 0.05) is 13.0 Å². The Bertz CT molecular complexity index is 754. The molecular weight excluding hydrogens is 319 g/mol. The van der Waals surface area contributed by atoms with E-state index in [1.165, 1.54) is 6.07 Å². The molecule has 5 nitrogen and oxygen atoms in total. The third kappa shape index (κ3) is 2.60. The molecule has 2 heterocycles. The maximum absolute atomic E-state index is 13.8. The zero-order chi connectivity index (χ0) is 15.3. The highest BCUT2D eigenvalue weighted by Crippen LogP contribution is 2.58. The molecule has 1 atom stereocenters. The molecule has 0 radical (unpaired) electrons. The summed E-state index contributed by atoms with van der Waals surface area (Å²) in [6.07, 6.45) is 3.07. The van der Waals surface area contributed by atoms with Crippen molar-refractivity contribution in [3.05, 3.63) is 24.0 Å². The highest BCUT2D eigenvalue weighted by Gasteiger charge is 2.57. The summed E-state index contributed by atoms with van der Waals surface area (Å²) in [5.74, 6) is 0.135. The van der Waals surface area contributed by atoms with Gasteiger partial charge in [-0.15, -0.1) is 12.4 Å². The molecule has 4 rings (SSSR count). The normalized spacial score (nSPS) is 21.9. The monoisotopic (exact) mass is 338 g/mol. The fourth-order valence-electron chi connectivity index (χ4n) is 3.69. The smallest absolute Gasteiger partial charge is 0.230 e. The molecule has 1 aliphatic heterocycles. The van der Waals surface area contributed by atoms with Crippen molar-refractivity contribution in [1.82, 2.24) is 14.9 Å². The molecule has 1 unspecified atom stereocenters. The number of nitrogens with one attached hydrogen (secondary N) is 2. The van der Waals surface area contributed by atoms with Crippen molar-refractivity contribution in [2.24, 2.45) is 18.4 Å². The number of piperidine rings is 1. The molecule has 0 bridgehead atoms. The van der Waals surface area contributed by atoms with Crippen molar-refractivity contribution < 1.29 is 9.18 Å². The molecule has 23 heavy (non-hydrogen) atoms. The summed E-state index contributed by atoms with van der Waals surface area (Å²) in [5, 5.41) is 6.22. The number of rotatable bonds is 2. The first-order chi connectivity index (χ1) is 10.6. The van der Waals surface area contributed by atoms with Crippen LogP contribution in [0, 0.1) is 17.2 Å². The Morgan fingerprint density at radius 2 is 2.17 bits per heavy atom. The van der Waals surface area contributed by atoms with Crippen LogP contribution < -0.4 is 10.6 Å². The Morgan fingerprint density at radius 3 is 2.87 bits per heavy atom. The maximum Gasteiger partial charge on any atom is 0.230 e. The Hall–Kier alpha value is -1.66. The van der Waals surface area contributed by atoms with E-state index >= 15 is 0 Å². The Morgan fingerprint density at radius 1 is 1.43 bits per heavy atom. The molecule has 1 spiro atoms. The predicted octanol–water partition coefficient (Wildman–Crippen LogP) is 2.46. The first kappa shape index (κ1) is 16.2. The lowest BCUT2D eigenvalue weighted by Gasteiger charge is -2.23. The van der Waals surface area contributed by atoms with Gasteiger partial charge in [-0.3, -0.25) is 10.1 Å². The molecule has 1 aromatic carbocycles. The van der Waals surface area contributed by atoms with E-state index in [4.69, 9.17) is 0 Å². The van der Waals surface area contributed by atoms with E-state index in [-0.39, 0.29) is 35.5 Å². The topological polar surface area (TPSA) is 59.0 Å². The van der Waals surface area contributed by atoms with Gasteiger partial charge in [-0.05, 0) is 49.9 Å². The standard InChI is InChI=1S/C16H19FN4O.ClH/c1-21-12-4-2-3-11(17)13(12)19-15(21)20-14(22)10-9-16(10)5-7-18-8-6-16;/h2-4,10,18H,5-9H2,1H3,(H,19,20,22);1H. The fraction of sp³-hybridized carbons (Fsp3) is 0.500. The quantitative estimate of drug-likeness (QED) is 0.884. The van der Waals surface area contributed by atoms with Crippen LogP contribution in [-0.4, -0.2) is 28.5 Å². The van der Waals surface area contributed by atoms with Crippen LogP contribution in [0.2, 0.25) is 0 Å². The van der Waals surface area contributed by atoms with E-state index in [0.29, 0.717) is 17.0 Å². The fourth-order valence-corrected chi connectivity index (χ4v) is 3.69. The van der Waals surface area contributed by atoms with Crippen LogP contribution >= 0.6 is 12.4 Å². The average molecular weight is 339 g/mol. The number of aryl methyl sites for hydroxylation is 1. The van der Waals surface area contributed by atoms with Crippen LogP contribution in [0.1, 0.15) is 19.3 Å². The number of hydrogen-bond donors (Lipinski definition) is 2. The van der Waals surface area contributed by atoms with Gasteiger partial charge in [0.25, 0.3) is 0 Å². The van der Waals surface area contributed by atoms with Crippen molar-refractivity contribution >= 4 is 35.3 Å². The number of anilines is 1. The number of nitrogens with zero attached hydrogens (tertiary/aromatic N) is 2. The third-order valence-electron chi connectivity index (χ3n) is 5.20. The highest BCUT2D eigenvalue weighted by molar-refractivity contribution is 5.95. The number of aromatic nitrogens is 2. The first-order valence-corrected chi connectivity index (χ1v) is 7.73. The first-order valence-electron chi connectivity index (χ1n) is 7.73. The molecule has 2 aliphatic rings. The Balaban J connectivity index is 0.00000156. The predicted molar refractivity (Wildman–Crippen MR) is 89.2 cm³/mol. The summed E-state index contributed by atoms with van der Waals surface area (Å²) in [7, 11) is 1.79. The van der Waals surface area contributed by atoms with E-state index in [1.807, 2.05) is 0 Å². The van der Waals surface area contributed by atoms with Crippen LogP contribution in [0.15, 0.2) is 18.2 Å². The molecule has 2 fully saturated rings. The van der Waals surface area contributed by atoms with E-state index in [0.717, 1.165) is 32.4 Å². The van der Waals surface area contributed by atoms with Gasteiger partial charge in [-0.1, -0.05) is 6.07 Å². The van der Waals surface area contributed by atoms with Crippen LogP contribution in [-0.2, 0) is 11.8 Å². The molecule has 2 N–H and O–H groups in total. The molecule has 124 valence electrons. The van der Waals surface area contributed by atoms with Gasteiger partial charge in [0.15, 0.2) is 5.82 Å². The van der Waals surface area contributed by atoms with Gasteiger partial charge in [-0.25, -0.2) is 9.37 Å². The number of imidazole rings is 1. The molecule has 1 aliphatic carbocycles. The van der Waals surface area contributed by atoms with Gasteiger partial charge < -0.3 is 9.88 Å². The summed E-state index contributed by atoms with van der Waals surface area (Å²) >= 11 is 0. The second-order valence-electron chi connectivity index (χ2n) is 6.46. The van der Waals surface area contributed by atoms with E-state index in [2.05, 4.69) is 15.6 Å². The van der Waals surface area contributed by atoms with Crippen LogP contribution in [0.4, 0.5) is 10.3 Å². The van der Waals surface area contributed by atoms with E-state index in [1.54, 1.807) is 23.7 Å². The number of carbonyl (C=O) groups is 1. The van der Waals surface area contributed by atoms with Gasteiger partial charge in [0.2, 0.25) is 11.9 Å². The lowest BCUT2D eigenvalue weighted by atomic mass is 9.92. The molecule has 1 saturated heterocycles. The molecular formula is C16H20ClFN4O. The van der Waals surface area contributed by atoms with Crippen LogP contribution in [0.5, 0.6) is 0 Å². The van der Waals surface area contributed by atoms with Gasteiger partial charge >= 0.3 is 0 Å². The molecule has 7 heteroatoms. The maximum atomic E-state index is 13.8. The van der Waals surface area contributed by atoms with Crippen LogP contribution in [0.25, 0.3) is 11.0 Å². The number of hydrogen-bond acceptors (Lipinski definition) is 3. The summed E-state index contributed by atoms with van der Waals surface area (Å²) in [6.45, 7) is 1.97. The number of carbonyl (C=O) groups excluding carboxylic acids is 1. The molecule has 2 aromatic rings. The molecule has 1 saturated carbocycles. The SMILES string of the molecule is Cl.Cn1c(NC(=O)C2CC23CCNCC3)nc2c(F)cccc21. The average Bonchev–Trinajstić information content (AvgIpc) is 3.11. The minimum Gasteiger partial charge on any atom is -0.317 e. The largest absolute Gasteiger partial charge is 0.317 e. The van der Waals surface area contributed by atoms with Crippen molar-refractivity contribution in [2.45, 2.75) is 19.3 Å². The number of amides is 1. The number of halogens is 2.